The Morgan fingerprint density at radius 2 is 1.24 bits per heavy atom. The summed E-state index contributed by atoms with van der Waals surface area (Å²) in [5, 5.41) is 0. The predicted octanol–water partition coefficient (Wildman–Crippen LogP) is 3.39. The van der Waals surface area contributed by atoms with Gasteiger partial charge in [0.1, 0.15) is 6.54 Å². The van der Waals surface area contributed by atoms with Crippen LogP contribution in [-0.4, -0.2) is 63.1 Å². The second kappa shape index (κ2) is 10.2. The van der Waals surface area contributed by atoms with Crippen LogP contribution in [0.1, 0.15) is 17.2 Å². The van der Waals surface area contributed by atoms with Crippen molar-refractivity contribution in [3.05, 3.63) is 102 Å². The Bertz CT molecular complexity index is 1110. The first-order chi connectivity index (χ1) is 15.9. The zero-order chi connectivity index (χ0) is 23.3. The minimum Gasteiger partial charge on any atom is -0.339 e. The molecule has 0 aliphatic carbocycles. The molecule has 0 bridgehead atoms. The Kier molecular flexibility index (Phi) is 7.11. The number of benzene rings is 3. The number of anilines is 1. The maximum atomic E-state index is 13.0. The summed E-state index contributed by atoms with van der Waals surface area (Å²) in [6.45, 7) is 2.35. The van der Waals surface area contributed by atoms with Gasteiger partial charge in [0, 0.05) is 26.2 Å². The van der Waals surface area contributed by atoms with Crippen LogP contribution in [0.2, 0.25) is 0 Å². The number of piperazine rings is 1. The highest BCUT2D eigenvalue weighted by atomic mass is 32.2. The van der Waals surface area contributed by atoms with E-state index in [2.05, 4.69) is 53.4 Å². The molecule has 6 nitrogen and oxygen atoms in total. The lowest BCUT2D eigenvalue weighted by Crippen LogP contribution is -2.52. The molecule has 4 rings (SSSR count). The summed E-state index contributed by atoms with van der Waals surface area (Å²) >= 11 is 0. The molecule has 1 saturated heterocycles. The molecule has 7 heteroatoms. The minimum atomic E-state index is -3.57. The molecule has 0 spiro atoms. The molecule has 1 amide bonds. The molecule has 33 heavy (non-hydrogen) atoms. The zero-order valence-electron chi connectivity index (χ0n) is 18.7. The molecule has 172 valence electrons. The molecule has 0 atom stereocenters. The first-order valence-corrected chi connectivity index (χ1v) is 12.9. The lowest BCUT2D eigenvalue weighted by Gasteiger charge is -2.40. The number of hydrogen-bond donors (Lipinski definition) is 0. The Labute approximate surface area is 196 Å². The van der Waals surface area contributed by atoms with Crippen molar-refractivity contribution in [1.29, 1.82) is 0 Å². The van der Waals surface area contributed by atoms with Gasteiger partial charge in [-0.1, -0.05) is 78.9 Å². The Hall–Kier alpha value is -3.16. The SMILES string of the molecule is CS(=O)(=O)N(CC(=O)N1CCN(C(c2ccccc2)c2ccccc2)CC1)c1ccccc1. The van der Waals surface area contributed by atoms with Crippen molar-refractivity contribution in [1.82, 2.24) is 9.80 Å². The lowest BCUT2D eigenvalue weighted by atomic mass is 9.96. The smallest absolute Gasteiger partial charge is 0.243 e. The average Bonchev–Trinajstić information content (AvgIpc) is 2.84. The monoisotopic (exact) mass is 463 g/mol. The van der Waals surface area contributed by atoms with E-state index < -0.39 is 10.0 Å². The van der Waals surface area contributed by atoms with Gasteiger partial charge in [0.15, 0.2) is 0 Å². The van der Waals surface area contributed by atoms with Gasteiger partial charge in [-0.3, -0.25) is 14.0 Å². The topological polar surface area (TPSA) is 60.9 Å². The van der Waals surface area contributed by atoms with E-state index in [4.69, 9.17) is 0 Å². The molecule has 3 aromatic rings. The summed E-state index contributed by atoms with van der Waals surface area (Å²) in [4.78, 5) is 17.2. The highest BCUT2D eigenvalue weighted by Gasteiger charge is 2.30. The number of carbonyl (C=O) groups is 1. The van der Waals surface area contributed by atoms with Gasteiger partial charge in [0.25, 0.3) is 0 Å². The largest absolute Gasteiger partial charge is 0.339 e. The van der Waals surface area contributed by atoms with Gasteiger partial charge >= 0.3 is 0 Å². The van der Waals surface area contributed by atoms with Crippen LogP contribution in [0, 0.1) is 0 Å². The first-order valence-electron chi connectivity index (χ1n) is 11.1. The molecule has 1 heterocycles. The Balaban J connectivity index is 1.46. The van der Waals surface area contributed by atoms with Gasteiger partial charge in [-0.2, -0.15) is 0 Å². The van der Waals surface area contributed by atoms with Crippen molar-refractivity contribution in [2.75, 3.05) is 43.3 Å². The number of para-hydroxylation sites is 1. The molecule has 1 aliphatic heterocycles. The van der Waals surface area contributed by atoms with Crippen LogP contribution in [0.5, 0.6) is 0 Å². The van der Waals surface area contributed by atoms with Crippen LogP contribution in [0.3, 0.4) is 0 Å². The number of carbonyl (C=O) groups excluding carboxylic acids is 1. The van der Waals surface area contributed by atoms with E-state index in [-0.39, 0.29) is 18.5 Å². The zero-order valence-corrected chi connectivity index (χ0v) is 19.6. The van der Waals surface area contributed by atoms with Crippen molar-refractivity contribution in [3.63, 3.8) is 0 Å². The summed E-state index contributed by atoms with van der Waals surface area (Å²) in [6.07, 6.45) is 1.13. The van der Waals surface area contributed by atoms with Gasteiger partial charge in [0.2, 0.25) is 15.9 Å². The number of hydrogen-bond acceptors (Lipinski definition) is 4. The Morgan fingerprint density at radius 3 is 1.70 bits per heavy atom. The molecular weight excluding hydrogens is 434 g/mol. The van der Waals surface area contributed by atoms with Gasteiger partial charge in [-0.05, 0) is 23.3 Å². The molecule has 1 fully saturated rings. The van der Waals surface area contributed by atoms with E-state index >= 15 is 0 Å². The van der Waals surface area contributed by atoms with Crippen LogP contribution >= 0.6 is 0 Å². The third-order valence-corrected chi connectivity index (χ3v) is 7.13. The average molecular weight is 464 g/mol. The fraction of sp³-hybridized carbons (Fsp3) is 0.269. The second-order valence-corrected chi connectivity index (χ2v) is 10.2. The van der Waals surface area contributed by atoms with E-state index in [0.717, 1.165) is 6.26 Å². The van der Waals surface area contributed by atoms with Gasteiger partial charge in [-0.15, -0.1) is 0 Å². The third-order valence-electron chi connectivity index (χ3n) is 5.99. The van der Waals surface area contributed by atoms with Gasteiger partial charge in [-0.25, -0.2) is 8.42 Å². The summed E-state index contributed by atoms with van der Waals surface area (Å²) in [5.74, 6) is -0.181. The molecule has 1 aliphatic rings. The maximum Gasteiger partial charge on any atom is 0.243 e. The van der Waals surface area contributed by atoms with Crippen LogP contribution in [-0.2, 0) is 14.8 Å². The van der Waals surface area contributed by atoms with Crippen molar-refractivity contribution in [2.45, 2.75) is 6.04 Å². The lowest BCUT2D eigenvalue weighted by molar-refractivity contribution is -0.131. The van der Waals surface area contributed by atoms with Gasteiger partial charge < -0.3 is 4.90 Å². The summed E-state index contributed by atoms with van der Waals surface area (Å²) in [7, 11) is -3.57. The maximum absolute atomic E-state index is 13.0. The van der Waals surface area contributed by atoms with E-state index in [9.17, 15) is 13.2 Å². The fourth-order valence-electron chi connectivity index (χ4n) is 4.33. The molecule has 3 aromatic carbocycles. The Morgan fingerprint density at radius 1 is 0.788 bits per heavy atom. The quantitative estimate of drug-likeness (QED) is 0.539. The van der Waals surface area contributed by atoms with E-state index in [1.165, 1.54) is 15.4 Å². The van der Waals surface area contributed by atoms with Crippen molar-refractivity contribution >= 4 is 21.6 Å². The van der Waals surface area contributed by atoms with Crippen LogP contribution in [0.15, 0.2) is 91.0 Å². The van der Waals surface area contributed by atoms with Crippen molar-refractivity contribution in [2.24, 2.45) is 0 Å². The molecule has 0 radical (unpaired) electrons. The highest BCUT2D eigenvalue weighted by molar-refractivity contribution is 7.92. The number of sulfonamides is 1. The van der Waals surface area contributed by atoms with Crippen LogP contribution < -0.4 is 4.31 Å². The van der Waals surface area contributed by atoms with Crippen molar-refractivity contribution in [3.8, 4) is 0 Å². The third kappa shape index (κ3) is 5.61. The van der Waals surface area contributed by atoms with E-state index in [1.807, 2.05) is 18.2 Å². The summed E-state index contributed by atoms with van der Waals surface area (Å²) < 4.78 is 25.9. The first kappa shape index (κ1) is 23.0. The fourth-order valence-corrected chi connectivity index (χ4v) is 5.18. The molecule has 0 N–H and O–H groups in total. The van der Waals surface area contributed by atoms with Crippen molar-refractivity contribution < 1.29 is 13.2 Å². The second-order valence-electron chi connectivity index (χ2n) is 8.25. The predicted molar refractivity (Wildman–Crippen MR) is 132 cm³/mol. The number of rotatable bonds is 7. The number of nitrogens with zero attached hydrogens (tertiary/aromatic N) is 3. The highest BCUT2D eigenvalue weighted by Crippen LogP contribution is 2.29. The molecular formula is C26H29N3O3S. The molecule has 0 saturated carbocycles. The van der Waals surface area contributed by atoms with Crippen LogP contribution in [0.25, 0.3) is 0 Å². The van der Waals surface area contributed by atoms with Crippen LogP contribution in [0.4, 0.5) is 5.69 Å². The number of amides is 1. The normalized spacial score (nSPS) is 14.9. The van der Waals surface area contributed by atoms with E-state index in [0.29, 0.717) is 31.9 Å². The summed E-state index contributed by atoms with van der Waals surface area (Å²) in [6, 6.07) is 29.7. The molecule has 0 aromatic heterocycles. The minimum absolute atomic E-state index is 0.112. The summed E-state index contributed by atoms with van der Waals surface area (Å²) in [5.41, 5.74) is 2.94. The standard InChI is InChI=1S/C26H29N3O3S/c1-33(31,32)29(24-15-9-4-10-16-24)21-25(30)27-17-19-28(20-18-27)26(22-11-5-2-6-12-22)23-13-7-3-8-14-23/h2-16,26H,17-21H2,1H3. The van der Waals surface area contributed by atoms with Gasteiger partial charge in [0.05, 0.1) is 18.0 Å². The van der Waals surface area contributed by atoms with E-state index in [1.54, 1.807) is 29.2 Å². The molecule has 0 unspecified atom stereocenters.